The maximum atomic E-state index is 13.7. The van der Waals surface area contributed by atoms with Crippen LogP contribution in [0.2, 0.25) is 0 Å². The van der Waals surface area contributed by atoms with Gasteiger partial charge >= 0.3 is 12.0 Å². The summed E-state index contributed by atoms with van der Waals surface area (Å²) in [4.78, 5) is 39.4. The van der Waals surface area contributed by atoms with E-state index >= 15 is 0 Å². The first-order valence-corrected chi connectivity index (χ1v) is 11.7. The second-order valence-electron chi connectivity index (χ2n) is 8.49. The average molecular weight is 489 g/mol. The second-order valence-corrected chi connectivity index (χ2v) is 8.49. The van der Waals surface area contributed by atoms with Crippen molar-refractivity contribution in [1.29, 1.82) is 0 Å². The molecule has 2 unspecified atom stereocenters. The molecule has 1 aliphatic heterocycles. The molecule has 0 bridgehead atoms. The van der Waals surface area contributed by atoms with E-state index in [0.717, 1.165) is 10.5 Å². The molecule has 1 heterocycles. The van der Waals surface area contributed by atoms with Gasteiger partial charge in [0.1, 0.15) is 18.5 Å². The minimum absolute atomic E-state index is 0.146. The summed E-state index contributed by atoms with van der Waals surface area (Å²) < 4.78 is 10.6. The van der Waals surface area contributed by atoms with Crippen molar-refractivity contribution in [2.45, 2.75) is 25.0 Å². The Balaban J connectivity index is 1.44. The van der Waals surface area contributed by atoms with Crippen LogP contribution in [0.3, 0.4) is 0 Å². The molecule has 0 aromatic heterocycles. The van der Waals surface area contributed by atoms with Crippen molar-refractivity contribution in [2.75, 3.05) is 19.8 Å². The summed E-state index contributed by atoms with van der Waals surface area (Å²) in [5, 5.41) is 13.5. The van der Waals surface area contributed by atoms with Crippen LogP contribution in [0.5, 0.6) is 5.75 Å². The fourth-order valence-electron chi connectivity index (χ4n) is 4.19. The molecular weight excluding hydrogens is 460 g/mol. The van der Waals surface area contributed by atoms with Crippen molar-refractivity contribution in [3.05, 3.63) is 102 Å². The van der Waals surface area contributed by atoms with Crippen LogP contribution in [0.4, 0.5) is 4.79 Å². The summed E-state index contributed by atoms with van der Waals surface area (Å²) >= 11 is 0. The molecule has 36 heavy (non-hydrogen) atoms. The first-order valence-electron chi connectivity index (χ1n) is 11.7. The molecule has 1 fully saturated rings. The number of carbonyl (C=O) groups is 3. The van der Waals surface area contributed by atoms with E-state index in [-0.39, 0.29) is 26.2 Å². The summed E-state index contributed by atoms with van der Waals surface area (Å²) in [6.45, 7) is 1.64. The highest BCUT2D eigenvalue weighted by atomic mass is 16.5. The van der Waals surface area contributed by atoms with Crippen LogP contribution in [0.25, 0.3) is 0 Å². The predicted octanol–water partition coefficient (Wildman–Crippen LogP) is 3.29. The minimum atomic E-state index is -1.27. The lowest BCUT2D eigenvalue weighted by molar-refractivity contribution is -0.132. The Morgan fingerprint density at radius 3 is 2.25 bits per heavy atom. The van der Waals surface area contributed by atoms with Crippen molar-refractivity contribution in [2.24, 2.45) is 0 Å². The third-order valence-electron chi connectivity index (χ3n) is 5.96. The molecule has 3 amide bonds. The maximum Gasteiger partial charge on any atom is 0.338 e. The number of aliphatic hydroxyl groups excluding tert-OH is 1. The van der Waals surface area contributed by atoms with Gasteiger partial charge in [-0.1, -0.05) is 60.7 Å². The molecule has 2 N–H and O–H groups in total. The van der Waals surface area contributed by atoms with Crippen LogP contribution >= 0.6 is 0 Å². The number of nitrogens with one attached hydrogen (secondary N) is 1. The number of urea groups is 1. The summed E-state index contributed by atoms with van der Waals surface area (Å²) in [5.74, 6) is -0.428. The van der Waals surface area contributed by atoms with Gasteiger partial charge in [0.2, 0.25) is 0 Å². The highest BCUT2D eigenvalue weighted by molar-refractivity contribution is 6.07. The van der Waals surface area contributed by atoms with Crippen molar-refractivity contribution < 1.29 is 29.0 Å². The monoisotopic (exact) mass is 488 g/mol. The van der Waals surface area contributed by atoms with Crippen molar-refractivity contribution in [1.82, 2.24) is 10.2 Å². The molecule has 0 spiro atoms. The van der Waals surface area contributed by atoms with Gasteiger partial charge in [-0.25, -0.2) is 9.59 Å². The Kier molecular flexibility index (Phi) is 7.65. The number of ether oxygens (including phenoxy) is 2. The number of hydrogen-bond acceptors (Lipinski definition) is 6. The van der Waals surface area contributed by atoms with Crippen LogP contribution in [-0.2, 0) is 21.5 Å². The number of β-amino-alcohol motifs (C(OH)–C–C–N with tert-alkyl or cyclic N) is 1. The van der Waals surface area contributed by atoms with E-state index in [9.17, 15) is 19.5 Å². The smallest absolute Gasteiger partial charge is 0.338 e. The molecule has 1 saturated heterocycles. The van der Waals surface area contributed by atoms with Gasteiger partial charge < -0.3 is 19.9 Å². The molecule has 0 saturated carbocycles. The van der Waals surface area contributed by atoms with E-state index in [1.807, 2.05) is 60.7 Å². The largest absolute Gasteiger partial charge is 0.491 e. The standard InChI is InChI=1S/C28H28N2O6/c1-2-35-25(32)21-13-15-24(16-14-21)36-19-23(31)18-30-26(33)28(29-27(30)34,22-11-7-4-8-12-22)17-20-9-5-3-6-10-20/h3-16,23,31H,2,17-19H2,1H3,(H,29,34). The predicted molar refractivity (Wildman–Crippen MR) is 132 cm³/mol. The molecule has 8 nitrogen and oxygen atoms in total. The Morgan fingerprint density at radius 2 is 1.61 bits per heavy atom. The molecule has 2 atom stereocenters. The molecule has 4 rings (SSSR count). The van der Waals surface area contributed by atoms with Gasteiger partial charge in [0, 0.05) is 6.42 Å². The number of benzene rings is 3. The molecule has 3 aromatic carbocycles. The average Bonchev–Trinajstić information content (AvgIpc) is 3.14. The molecule has 3 aromatic rings. The fourth-order valence-corrected chi connectivity index (χ4v) is 4.19. The molecule has 0 aliphatic carbocycles. The number of carbonyl (C=O) groups excluding carboxylic acids is 3. The summed E-state index contributed by atoms with van der Waals surface area (Å²) in [5.41, 5.74) is 0.678. The number of amides is 3. The van der Waals surface area contributed by atoms with Gasteiger partial charge in [-0.15, -0.1) is 0 Å². The third-order valence-corrected chi connectivity index (χ3v) is 5.96. The Labute approximate surface area is 209 Å². The summed E-state index contributed by atoms with van der Waals surface area (Å²) in [7, 11) is 0. The van der Waals surface area contributed by atoms with Crippen LogP contribution in [0, 0.1) is 0 Å². The molecule has 186 valence electrons. The van der Waals surface area contributed by atoms with Crippen molar-refractivity contribution >= 4 is 17.9 Å². The molecule has 0 radical (unpaired) electrons. The Bertz CT molecular complexity index is 1200. The van der Waals surface area contributed by atoms with Gasteiger partial charge in [0.05, 0.1) is 18.7 Å². The topological polar surface area (TPSA) is 105 Å². The van der Waals surface area contributed by atoms with E-state index in [1.165, 1.54) is 0 Å². The highest BCUT2D eigenvalue weighted by Gasteiger charge is 2.52. The van der Waals surface area contributed by atoms with Crippen molar-refractivity contribution in [3.63, 3.8) is 0 Å². The molecular formula is C28H28N2O6. The first kappa shape index (κ1) is 24.9. The second kappa shape index (κ2) is 11.0. The number of esters is 1. The van der Waals surface area contributed by atoms with Crippen LogP contribution in [-0.4, -0.2) is 53.8 Å². The Hall–Kier alpha value is -4.17. The zero-order valence-corrected chi connectivity index (χ0v) is 19.9. The number of imide groups is 1. The number of aliphatic hydroxyl groups is 1. The minimum Gasteiger partial charge on any atom is -0.491 e. The first-order chi connectivity index (χ1) is 17.4. The Morgan fingerprint density at radius 1 is 0.972 bits per heavy atom. The van der Waals surface area contributed by atoms with Crippen LogP contribution in [0.15, 0.2) is 84.9 Å². The summed E-state index contributed by atoms with van der Waals surface area (Å²) in [6, 6.07) is 24.3. The normalized spacial score (nSPS) is 18.0. The number of rotatable bonds is 10. The summed E-state index contributed by atoms with van der Waals surface area (Å²) in [6.07, 6.45) is -0.842. The lowest BCUT2D eigenvalue weighted by Gasteiger charge is -2.28. The zero-order valence-electron chi connectivity index (χ0n) is 19.9. The number of nitrogens with zero attached hydrogens (tertiary/aromatic N) is 1. The quantitative estimate of drug-likeness (QED) is 0.335. The fraction of sp³-hybridized carbons (Fsp3) is 0.250. The highest BCUT2D eigenvalue weighted by Crippen LogP contribution is 2.33. The van der Waals surface area contributed by atoms with Gasteiger partial charge in [0.25, 0.3) is 5.91 Å². The van der Waals surface area contributed by atoms with E-state index < -0.39 is 29.6 Å². The zero-order chi connectivity index (χ0) is 25.5. The lowest BCUT2D eigenvalue weighted by Crippen LogP contribution is -2.46. The SMILES string of the molecule is CCOC(=O)c1ccc(OCC(O)CN2C(=O)NC(Cc3ccccc3)(c3ccccc3)C2=O)cc1. The van der Waals surface area contributed by atoms with Gasteiger partial charge in [-0.2, -0.15) is 0 Å². The van der Waals surface area contributed by atoms with Crippen LogP contribution in [0.1, 0.15) is 28.4 Å². The maximum absolute atomic E-state index is 13.7. The van der Waals surface area contributed by atoms with E-state index in [1.54, 1.807) is 31.2 Å². The van der Waals surface area contributed by atoms with E-state index in [4.69, 9.17) is 9.47 Å². The van der Waals surface area contributed by atoms with Crippen molar-refractivity contribution in [3.8, 4) is 5.75 Å². The van der Waals surface area contributed by atoms with Gasteiger partial charge in [-0.05, 0) is 42.3 Å². The van der Waals surface area contributed by atoms with Crippen LogP contribution < -0.4 is 10.1 Å². The number of hydrogen-bond donors (Lipinski definition) is 2. The van der Waals surface area contributed by atoms with Gasteiger partial charge in [0.15, 0.2) is 5.54 Å². The molecule has 8 heteroatoms. The van der Waals surface area contributed by atoms with E-state index in [2.05, 4.69) is 5.32 Å². The molecule has 1 aliphatic rings. The lowest BCUT2D eigenvalue weighted by atomic mass is 9.83. The van der Waals surface area contributed by atoms with Gasteiger partial charge in [-0.3, -0.25) is 9.69 Å². The van der Waals surface area contributed by atoms with E-state index in [0.29, 0.717) is 16.9 Å². The third kappa shape index (κ3) is 5.39.